The van der Waals surface area contributed by atoms with E-state index in [-0.39, 0.29) is 12.0 Å². The average Bonchev–Trinajstić information content (AvgIpc) is 2.74. The zero-order valence-corrected chi connectivity index (χ0v) is 17.6. The van der Waals surface area contributed by atoms with E-state index in [0.29, 0.717) is 30.5 Å². The number of hydrogen-bond donors (Lipinski definition) is 2. The normalized spacial score (nSPS) is 22.0. The number of hydrogen-bond acceptors (Lipinski definition) is 5. The number of ether oxygens (including phenoxy) is 1. The summed E-state index contributed by atoms with van der Waals surface area (Å²) >= 11 is 0. The number of amides is 2. The maximum Gasteiger partial charge on any atom is 0.338 e. The molecule has 1 aromatic rings. The van der Waals surface area contributed by atoms with Gasteiger partial charge in [0.15, 0.2) is 0 Å². The van der Waals surface area contributed by atoms with Crippen LogP contribution in [0.5, 0.6) is 0 Å². The molecule has 0 spiro atoms. The quantitative estimate of drug-likeness (QED) is 0.687. The van der Waals surface area contributed by atoms with Gasteiger partial charge in [-0.3, -0.25) is 9.80 Å². The van der Waals surface area contributed by atoms with Gasteiger partial charge in [-0.2, -0.15) is 0 Å². The van der Waals surface area contributed by atoms with Crippen LogP contribution in [0.3, 0.4) is 0 Å². The number of rotatable bonds is 7. The third-order valence-corrected chi connectivity index (χ3v) is 5.78. The number of esters is 1. The number of benzene rings is 1. The highest BCUT2D eigenvalue weighted by atomic mass is 16.5. The first-order valence-corrected chi connectivity index (χ1v) is 10.5. The van der Waals surface area contributed by atoms with E-state index >= 15 is 0 Å². The monoisotopic (exact) mass is 400 g/mol. The van der Waals surface area contributed by atoms with Crippen LogP contribution in [0.2, 0.25) is 0 Å². The number of nitrogens with one attached hydrogen (secondary N) is 2. The molecule has 2 amide bonds. The van der Waals surface area contributed by atoms with Crippen molar-refractivity contribution in [2.24, 2.45) is 0 Å². The van der Waals surface area contributed by atoms with Crippen LogP contribution in [0.25, 0.3) is 0 Å². The van der Waals surface area contributed by atoms with Crippen molar-refractivity contribution in [2.45, 2.75) is 39.3 Å². The highest BCUT2D eigenvalue weighted by molar-refractivity contribution is 5.95. The predicted octanol–water partition coefficient (Wildman–Crippen LogP) is 2.27. The molecule has 29 heavy (non-hydrogen) atoms. The van der Waals surface area contributed by atoms with E-state index in [2.05, 4.69) is 34.3 Å². The summed E-state index contributed by atoms with van der Waals surface area (Å²) in [5.41, 5.74) is 1.99. The van der Waals surface area contributed by atoms with Crippen molar-refractivity contribution < 1.29 is 14.3 Å². The molecule has 2 aliphatic heterocycles. The number of carbonyl (C=O) groups excluding carboxylic acids is 2. The summed E-state index contributed by atoms with van der Waals surface area (Å²) in [7, 11) is 0. The third kappa shape index (κ3) is 5.16. The van der Waals surface area contributed by atoms with Gasteiger partial charge in [0.1, 0.15) is 0 Å². The highest BCUT2D eigenvalue weighted by Crippen LogP contribution is 2.28. The van der Waals surface area contributed by atoms with Gasteiger partial charge < -0.3 is 15.4 Å². The topological polar surface area (TPSA) is 73.9 Å². The van der Waals surface area contributed by atoms with Gasteiger partial charge >= 0.3 is 12.0 Å². The summed E-state index contributed by atoms with van der Waals surface area (Å²) < 4.78 is 5.34. The number of urea groups is 1. The molecule has 0 aliphatic carbocycles. The van der Waals surface area contributed by atoms with Gasteiger partial charge in [0, 0.05) is 44.5 Å². The summed E-state index contributed by atoms with van der Waals surface area (Å²) in [6, 6.07) is 9.32. The molecule has 7 heteroatoms. The summed E-state index contributed by atoms with van der Waals surface area (Å²) in [5.74, 6) is -0.387. The number of carbonyl (C=O) groups is 2. The van der Waals surface area contributed by atoms with Crippen LogP contribution < -0.4 is 10.6 Å². The van der Waals surface area contributed by atoms with Gasteiger partial charge in [-0.05, 0) is 25.8 Å². The molecule has 0 bridgehead atoms. The lowest BCUT2D eigenvalue weighted by Crippen LogP contribution is -2.53. The van der Waals surface area contributed by atoms with Gasteiger partial charge in [0.2, 0.25) is 0 Å². The molecule has 0 saturated carbocycles. The maximum absolute atomic E-state index is 12.8. The molecule has 1 aromatic carbocycles. The van der Waals surface area contributed by atoms with Gasteiger partial charge in [0.25, 0.3) is 0 Å². The number of piperazine rings is 1. The molecule has 2 atom stereocenters. The van der Waals surface area contributed by atoms with Crippen molar-refractivity contribution in [3.63, 3.8) is 0 Å². The van der Waals surface area contributed by atoms with E-state index in [0.717, 1.165) is 38.2 Å². The Morgan fingerprint density at radius 1 is 1.17 bits per heavy atom. The molecule has 0 radical (unpaired) electrons. The van der Waals surface area contributed by atoms with Crippen LogP contribution in [-0.4, -0.2) is 67.2 Å². The molecule has 0 unspecified atom stereocenters. The van der Waals surface area contributed by atoms with E-state index in [1.165, 1.54) is 0 Å². The van der Waals surface area contributed by atoms with E-state index < -0.39 is 6.04 Å². The summed E-state index contributed by atoms with van der Waals surface area (Å²) in [4.78, 5) is 30.0. The molecule has 0 aromatic heterocycles. The summed E-state index contributed by atoms with van der Waals surface area (Å²) in [6.45, 7) is 10.9. The minimum atomic E-state index is -0.514. The molecule has 7 nitrogen and oxygen atoms in total. The molecule has 1 fully saturated rings. The van der Waals surface area contributed by atoms with E-state index in [1.54, 1.807) is 6.92 Å². The Labute approximate surface area is 173 Å². The molecule has 3 rings (SSSR count). The molecule has 158 valence electrons. The third-order valence-electron chi connectivity index (χ3n) is 5.78. The maximum atomic E-state index is 12.8. The molecule has 2 aliphatic rings. The van der Waals surface area contributed by atoms with Crippen molar-refractivity contribution in [1.29, 1.82) is 0 Å². The van der Waals surface area contributed by atoms with Crippen molar-refractivity contribution in [2.75, 3.05) is 39.3 Å². The SMILES string of the molecule is CCOC(=O)C1=C(CN2CCN([C@@H](C)CC)CC2)NC(=O)N[C@@H]1c1ccccc1. The van der Waals surface area contributed by atoms with Gasteiger partial charge in [-0.15, -0.1) is 0 Å². The zero-order valence-electron chi connectivity index (χ0n) is 17.6. The minimum absolute atomic E-state index is 0.290. The predicted molar refractivity (Wildman–Crippen MR) is 112 cm³/mol. The second kappa shape index (κ2) is 9.89. The first kappa shape index (κ1) is 21.3. The summed E-state index contributed by atoms with van der Waals surface area (Å²) in [5, 5.41) is 5.75. The molecule has 1 saturated heterocycles. The molecule has 2 heterocycles. The second-order valence-corrected chi connectivity index (χ2v) is 7.62. The van der Waals surface area contributed by atoms with E-state index in [1.807, 2.05) is 30.3 Å². The number of nitrogens with zero attached hydrogens (tertiary/aromatic N) is 2. The molecular weight excluding hydrogens is 368 g/mol. The van der Waals surface area contributed by atoms with E-state index in [9.17, 15) is 9.59 Å². The fourth-order valence-electron chi connectivity index (χ4n) is 3.93. The van der Waals surface area contributed by atoms with Crippen LogP contribution >= 0.6 is 0 Å². The average molecular weight is 401 g/mol. The molecular formula is C22H32N4O3. The Morgan fingerprint density at radius 3 is 2.48 bits per heavy atom. The first-order valence-electron chi connectivity index (χ1n) is 10.5. The summed E-state index contributed by atoms with van der Waals surface area (Å²) in [6.07, 6.45) is 1.14. The zero-order chi connectivity index (χ0) is 20.8. The fraction of sp³-hybridized carbons (Fsp3) is 0.545. The van der Waals surface area contributed by atoms with Gasteiger partial charge in [-0.25, -0.2) is 9.59 Å². The van der Waals surface area contributed by atoms with Crippen molar-refractivity contribution >= 4 is 12.0 Å². The van der Waals surface area contributed by atoms with E-state index in [4.69, 9.17) is 4.74 Å². The van der Waals surface area contributed by atoms with Crippen LogP contribution in [-0.2, 0) is 9.53 Å². The standard InChI is InChI=1S/C22H32N4O3/c1-4-16(3)26-13-11-25(12-14-26)15-18-19(21(27)29-5-2)20(24-22(28)23-18)17-9-7-6-8-10-17/h6-10,16,20H,4-5,11-15H2,1-3H3,(H2,23,24,28)/t16-,20+/m0/s1. The van der Waals surface area contributed by atoms with Crippen molar-refractivity contribution in [3.8, 4) is 0 Å². The lowest BCUT2D eigenvalue weighted by Gasteiger charge is -2.39. The Balaban J connectivity index is 1.83. The Kier molecular flexibility index (Phi) is 7.28. The molecule has 2 N–H and O–H groups in total. The fourth-order valence-corrected chi connectivity index (χ4v) is 3.93. The highest BCUT2D eigenvalue weighted by Gasteiger charge is 2.34. The second-order valence-electron chi connectivity index (χ2n) is 7.62. The van der Waals surface area contributed by atoms with Gasteiger partial charge in [0.05, 0.1) is 18.2 Å². The first-order chi connectivity index (χ1) is 14.0. The van der Waals surface area contributed by atoms with Crippen molar-refractivity contribution in [3.05, 3.63) is 47.2 Å². The minimum Gasteiger partial charge on any atom is -0.463 e. The van der Waals surface area contributed by atoms with Crippen LogP contribution in [0.15, 0.2) is 41.6 Å². The Hall–Kier alpha value is -2.38. The Bertz CT molecular complexity index is 742. The van der Waals surface area contributed by atoms with Crippen LogP contribution in [0, 0.1) is 0 Å². The lowest BCUT2D eigenvalue weighted by molar-refractivity contribution is -0.139. The van der Waals surface area contributed by atoms with Crippen molar-refractivity contribution in [1.82, 2.24) is 20.4 Å². The Morgan fingerprint density at radius 2 is 1.86 bits per heavy atom. The smallest absolute Gasteiger partial charge is 0.338 e. The largest absolute Gasteiger partial charge is 0.463 e. The lowest BCUT2D eigenvalue weighted by atomic mass is 9.95. The van der Waals surface area contributed by atoms with Gasteiger partial charge in [-0.1, -0.05) is 37.3 Å². The van der Waals surface area contributed by atoms with Crippen LogP contribution in [0.4, 0.5) is 4.79 Å². The van der Waals surface area contributed by atoms with Crippen LogP contribution in [0.1, 0.15) is 38.8 Å².